The first-order valence-electron chi connectivity index (χ1n) is 11.4. The Labute approximate surface area is 202 Å². The minimum absolute atomic E-state index is 0.612. The van der Waals surface area contributed by atoms with Gasteiger partial charge in [0.2, 0.25) is 0 Å². The van der Waals surface area contributed by atoms with Gasteiger partial charge >= 0.3 is 0 Å². The number of hydrogen-bond donors (Lipinski definition) is 0. The molecular formula is C28H30N6. The highest BCUT2D eigenvalue weighted by molar-refractivity contribution is 6.01. The fourth-order valence-corrected chi connectivity index (χ4v) is 2.56. The van der Waals surface area contributed by atoms with Crippen molar-refractivity contribution in [3.63, 3.8) is 0 Å². The Morgan fingerprint density at radius 2 is 1.53 bits per heavy atom. The Kier molecular flexibility index (Phi) is 11.9. The zero-order chi connectivity index (χ0) is 24.4. The summed E-state index contributed by atoms with van der Waals surface area (Å²) in [7, 11) is 0. The number of allylic oxidation sites excluding steroid dienone is 5. The first-order chi connectivity index (χ1) is 16.9. The average Bonchev–Trinajstić information content (AvgIpc) is 3.35. The number of pyridine rings is 2. The largest absolute Gasteiger partial charge is 0.254 e. The smallest absolute Gasteiger partial charge is 0.152 e. The van der Waals surface area contributed by atoms with Crippen LogP contribution in [-0.2, 0) is 0 Å². The molecule has 4 heterocycles. The van der Waals surface area contributed by atoms with E-state index in [4.69, 9.17) is 0 Å². The van der Waals surface area contributed by atoms with Crippen LogP contribution in [0.1, 0.15) is 45.2 Å². The highest BCUT2D eigenvalue weighted by atomic mass is 14.9. The van der Waals surface area contributed by atoms with Crippen molar-refractivity contribution in [3.05, 3.63) is 102 Å². The monoisotopic (exact) mass is 450 g/mol. The summed E-state index contributed by atoms with van der Waals surface area (Å²) in [5.41, 5.74) is 6.25. The van der Waals surface area contributed by atoms with Crippen LogP contribution in [0.2, 0.25) is 0 Å². The van der Waals surface area contributed by atoms with E-state index in [-0.39, 0.29) is 0 Å². The van der Waals surface area contributed by atoms with E-state index in [1.165, 1.54) is 0 Å². The molecule has 0 saturated carbocycles. The molecule has 0 N–H and O–H groups in total. The van der Waals surface area contributed by atoms with E-state index in [1.807, 2.05) is 88.6 Å². The summed E-state index contributed by atoms with van der Waals surface area (Å²) < 4.78 is 0. The van der Waals surface area contributed by atoms with Crippen molar-refractivity contribution in [3.8, 4) is 11.4 Å². The van der Waals surface area contributed by atoms with Crippen molar-refractivity contribution < 1.29 is 0 Å². The van der Waals surface area contributed by atoms with Crippen LogP contribution in [0.5, 0.6) is 0 Å². The number of hydrogen-bond acceptors (Lipinski definition) is 6. The number of amidine groups is 1. The number of rotatable bonds is 4. The molecule has 0 atom stereocenters. The van der Waals surface area contributed by atoms with Crippen LogP contribution >= 0.6 is 0 Å². The second-order valence-corrected chi connectivity index (χ2v) is 6.28. The molecule has 0 bridgehead atoms. The van der Waals surface area contributed by atoms with Gasteiger partial charge in [0.25, 0.3) is 0 Å². The molecule has 0 saturated heterocycles. The maximum absolute atomic E-state index is 4.49. The first kappa shape index (κ1) is 26.0. The van der Waals surface area contributed by atoms with Gasteiger partial charge in [-0.1, -0.05) is 45.9 Å². The summed E-state index contributed by atoms with van der Waals surface area (Å²) in [6, 6.07) is 7.74. The standard InChI is InChI=1S/C24H18N6.2C2H6/c1-3-7-23(25-13-5-1)29-17-19-9-11-21(27-15-19)22-12-10-20(16-28-22)18-30-24-8-4-2-6-14-26-24;2*1-2/h1-4,7-18H,5H2;2*1-2H3/b29-17+,30-18?;;. The molecule has 6 nitrogen and oxygen atoms in total. The van der Waals surface area contributed by atoms with E-state index in [9.17, 15) is 0 Å². The van der Waals surface area contributed by atoms with Gasteiger partial charge in [-0.25, -0.2) is 20.0 Å². The topological polar surface area (TPSA) is 75.2 Å². The van der Waals surface area contributed by atoms with Gasteiger partial charge in [0.1, 0.15) is 0 Å². The van der Waals surface area contributed by atoms with Gasteiger partial charge < -0.3 is 0 Å². The lowest BCUT2D eigenvalue weighted by Gasteiger charge is -2.01. The van der Waals surface area contributed by atoms with Crippen molar-refractivity contribution in [2.45, 2.75) is 34.1 Å². The molecule has 4 rings (SSSR count). The summed E-state index contributed by atoms with van der Waals surface area (Å²) in [4.78, 5) is 26.2. The number of aromatic nitrogens is 2. The Morgan fingerprint density at radius 3 is 2.18 bits per heavy atom. The Morgan fingerprint density at radius 1 is 0.853 bits per heavy atom. The van der Waals surface area contributed by atoms with E-state index in [2.05, 4.69) is 35.7 Å². The highest BCUT2D eigenvalue weighted by Gasteiger charge is 2.01. The molecule has 2 aromatic rings. The molecule has 2 aliphatic rings. The molecule has 0 unspecified atom stereocenters. The van der Waals surface area contributed by atoms with Crippen molar-refractivity contribution in [1.29, 1.82) is 0 Å². The fraction of sp³-hybridized carbons (Fsp3) is 0.179. The Bertz CT molecular complexity index is 1110. The fourth-order valence-electron chi connectivity index (χ4n) is 2.56. The lowest BCUT2D eigenvalue weighted by Crippen LogP contribution is -1.93. The van der Waals surface area contributed by atoms with Crippen LogP contribution in [0, 0.1) is 0 Å². The van der Waals surface area contributed by atoms with Crippen LogP contribution in [0.15, 0.2) is 111 Å². The molecule has 0 aromatic carbocycles. The SMILES string of the molecule is C1=CC=CC(N=Cc2ccc(-c3ccc(/C=N/C4=CC=CCC=N4)cn3)nc2)=NC=1.CC.CC. The van der Waals surface area contributed by atoms with Crippen molar-refractivity contribution >= 4 is 24.5 Å². The molecule has 0 fully saturated rings. The van der Waals surface area contributed by atoms with E-state index in [0.717, 1.165) is 28.9 Å². The zero-order valence-corrected chi connectivity index (χ0v) is 20.1. The van der Waals surface area contributed by atoms with Gasteiger partial charge in [-0.05, 0) is 42.5 Å². The maximum Gasteiger partial charge on any atom is 0.152 e. The molecular weight excluding hydrogens is 420 g/mol. The molecule has 0 amide bonds. The average molecular weight is 451 g/mol. The van der Waals surface area contributed by atoms with Crippen molar-refractivity contribution in [1.82, 2.24) is 9.97 Å². The minimum atomic E-state index is 0.612. The van der Waals surface area contributed by atoms with Crippen molar-refractivity contribution in [2.24, 2.45) is 20.0 Å². The van der Waals surface area contributed by atoms with Gasteiger partial charge in [-0.3, -0.25) is 9.97 Å². The number of aliphatic imine (C=N–C) groups is 4. The first-order valence-corrected chi connectivity index (χ1v) is 11.4. The van der Waals surface area contributed by atoms with Gasteiger partial charge in [0.15, 0.2) is 11.7 Å². The Hall–Kier alpha value is -4.28. The van der Waals surface area contributed by atoms with Crippen LogP contribution in [-0.4, -0.2) is 34.4 Å². The zero-order valence-electron chi connectivity index (χ0n) is 20.1. The van der Waals surface area contributed by atoms with Crippen LogP contribution in [0.3, 0.4) is 0 Å². The quantitative estimate of drug-likeness (QED) is 0.391. The molecule has 0 spiro atoms. The van der Waals surface area contributed by atoms with Gasteiger partial charge in [-0.15, -0.1) is 5.73 Å². The van der Waals surface area contributed by atoms with Crippen LogP contribution < -0.4 is 0 Å². The molecule has 34 heavy (non-hydrogen) atoms. The Balaban J connectivity index is 0.000000970. The van der Waals surface area contributed by atoms with E-state index >= 15 is 0 Å². The number of nitrogens with zero attached hydrogens (tertiary/aromatic N) is 6. The molecule has 0 radical (unpaired) electrons. The summed E-state index contributed by atoms with van der Waals surface area (Å²) >= 11 is 0. The molecule has 0 aliphatic carbocycles. The van der Waals surface area contributed by atoms with Crippen LogP contribution in [0.4, 0.5) is 0 Å². The summed E-state index contributed by atoms with van der Waals surface area (Å²) in [6.07, 6.45) is 22.6. The van der Waals surface area contributed by atoms with E-state index in [1.54, 1.807) is 37.1 Å². The maximum atomic E-state index is 4.49. The van der Waals surface area contributed by atoms with Crippen LogP contribution in [0.25, 0.3) is 11.4 Å². The van der Waals surface area contributed by atoms with E-state index in [0.29, 0.717) is 11.7 Å². The summed E-state index contributed by atoms with van der Waals surface area (Å²) in [5, 5.41) is 0. The van der Waals surface area contributed by atoms with Gasteiger partial charge in [-0.2, -0.15) is 0 Å². The predicted octanol–water partition coefficient (Wildman–Crippen LogP) is 6.54. The lowest BCUT2D eigenvalue weighted by atomic mass is 10.2. The van der Waals surface area contributed by atoms with Gasteiger partial charge in [0, 0.05) is 48.6 Å². The lowest BCUT2D eigenvalue weighted by molar-refractivity contribution is 1.23. The third kappa shape index (κ3) is 8.69. The predicted molar refractivity (Wildman–Crippen MR) is 145 cm³/mol. The third-order valence-corrected chi connectivity index (χ3v) is 4.08. The summed E-state index contributed by atoms with van der Waals surface area (Å²) in [5.74, 6) is 1.28. The minimum Gasteiger partial charge on any atom is -0.254 e. The second-order valence-electron chi connectivity index (χ2n) is 6.28. The molecule has 2 aliphatic heterocycles. The normalized spacial score (nSPS) is 14.0. The second kappa shape index (κ2) is 15.5. The highest BCUT2D eigenvalue weighted by Crippen LogP contribution is 2.14. The molecule has 172 valence electrons. The van der Waals surface area contributed by atoms with E-state index < -0.39 is 0 Å². The third-order valence-electron chi connectivity index (χ3n) is 4.08. The molecule has 6 heteroatoms. The van der Waals surface area contributed by atoms with Gasteiger partial charge in [0.05, 0.1) is 17.6 Å². The summed E-state index contributed by atoms with van der Waals surface area (Å²) in [6.45, 7) is 8.00. The van der Waals surface area contributed by atoms with Crippen molar-refractivity contribution in [2.75, 3.05) is 0 Å². The molecule has 2 aromatic heterocycles.